The van der Waals surface area contributed by atoms with E-state index in [9.17, 15) is 0 Å². The highest BCUT2D eigenvalue weighted by Gasteiger charge is 2.05. The summed E-state index contributed by atoms with van der Waals surface area (Å²) < 4.78 is 5.21. The molecular weight excluding hydrogens is 258 g/mol. The molecule has 0 spiro atoms. The van der Waals surface area contributed by atoms with Crippen LogP contribution in [0.3, 0.4) is 0 Å². The Hall–Kier alpha value is -2.48. The molecule has 0 radical (unpaired) electrons. The highest BCUT2D eigenvalue weighted by atomic mass is 16.5. The number of nitrogens with zero attached hydrogens (tertiary/aromatic N) is 1. The number of anilines is 1. The Balaban J connectivity index is 2.38. The predicted octanol–water partition coefficient (Wildman–Crippen LogP) is 4.38. The number of methoxy groups -OCH3 is 1. The first-order valence-corrected chi connectivity index (χ1v) is 6.90. The maximum absolute atomic E-state index is 5.21. The normalized spacial score (nSPS) is 11.1. The quantitative estimate of drug-likeness (QED) is 0.753. The van der Waals surface area contributed by atoms with Crippen molar-refractivity contribution in [1.29, 1.82) is 0 Å². The molecule has 0 fully saturated rings. The number of hydrogen-bond acceptors (Lipinski definition) is 2. The molecule has 21 heavy (non-hydrogen) atoms. The molecular formula is C19H21NO. The van der Waals surface area contributed by atoms with E-state index in [2.05, 4.69) is 47.9 Å². The standard InChI is InChI=1S/C19H21NO/c1-5-6-19(16-9-13-18(21-4)14-10-16)15-7-11-17(12-8-15)20(2)3/h5-14H,1H2,2-4H3. The highest BCUT2D eigenvalue weighted by Crippen LogP contribution is 2.26. The molecule has 0 saturated carbocycles. The Morgan fingerprint density at radius 1 is 0.952 bits per heavy atom. The summed E-state index contributed by atoms with van der Waals surface area (Å²) in [6.45, 7) is 3.82. The molecule has 2 nitrogen and oxygen atoms in total. The fourth-order valence-corrected chi connectivity index (χ4v) is 2.19. The molecule has 0 heterocycles. The molecule has 0 atom stereocenters. The Labute approximate surface area is 127 Å². The van der Waals surface area contributed by atoms with Gasteiger partial charge in [0.15, 0.2) is 0 Å². The van der Waals surface area contributed by atoms with Crippen LogP contribution in [0.5, 0.6) is 5.75 Å². The third-order valence-corrected chi connectivity index (χ3v) is 3.38. The van der Waals surface area contributed by atoms with Crippen molar-refractivity contribution in [3.8, 4) is 5.75 Å². The van der Waals surface area contributed by atoms with Crippen LogP contribution in [0, 0.1) is 0 Å². The molecule has 2 aromatic rings. The second-order valence-corrected chi connectivity index (χ2v) is 4.99. The van der Waals surface area contributed by atoms with Gasteiger partial charge in [-0.25, -0.2) is 0 Å². The molecule has 2 heteroatoms. The van der Waals surface area contributed by atoms with Gasteiger partial charge in [-0.3, -0.25) is 0 Å². The van der Waals surface area contributed by atoms with Gasteiger partial charge < -0.3 is 9.64 Å². The number of ether oxygens (including phenoxy) is 1. The Morgan fingerprint density at radius 3 is 1.90 bits per heavy atom. The number of rotatable bonds is 5. The second-order valence-electron chi connectivity index (χ2n) is 4.99. The first-order chi connectivity index (χ1) is 10.2. The lowest BCUT2D eigenvalue weighted by molar-refractivity contribution is 0.415. The van der Waals surface area contributed by atoms with E-state index in [1.807, 2.05) is 38.4 Å². The van der Waals surface area contributed by atoms with Gasteiger partial charge in [-0.1, -0.05) is 43.0 Å². The van der Waals surface area contributed by atoms with Crippen LogP contribution in [0.1, 0.15) is 11.1 Å². The van der Waals surface area contributed by atoms with E-state index in [0.29, 0.717) is 0 Å². The molecule has 2 rings (SSSR count). The van der Waals surface area contributed by atoms with Gasteiger partial charge in [0.1, 0.15) is 5.75 Å². The highest BCUT2D eigenvalue weighted by molar-refractivity contribution is 5.81. The summed E-state index contributed by atoms with van der Waals surface area (Å²) >= 11 is 0. The van der Waals surface area contributed by atoms with E-state index in [4.69, 9.17) is 4.74 Å². The molecule has 0 amide bonds. The summed E-state index contributed by atoms with van der Waals surface area (Å²) in [5.74, 6) is 0.861. The lowest BCUT2D eigenvalue weighted by Gasteiger charge is -2.14. The fraction of sp³-hybridized carbons (Fsp3) is 0.158. The maximum atomic E-state index is 5.21. The SMILES string of the molecule is C=CC=C(c1ccc(OC)cc1)c1ccc(N(C)C)cc1. The van der Waals surface area contributed by atoms with Gasteiger partial charge in [-0.05, 0) is 41.0 Å². The van der Waals surface area contributed by atoms with E-state index in [1.54, 1.807) is 7.11 Å². The number of hydrogen-bond donors (Lipinski definition) is 0. The summed E-state index contributed by atoms with van der Waals surface area (Å²) in [4.78, 5) is 2.09. The van der Waals surface area contributed by atoms with Crippen LogP contribution in [0.15, 0.2) is 67.3 Å². The van der Waals surface area contributed by atoms with Crippen LogP contribution in [0.25, 0.3) is 5.57 Å². The molecule has 0 aliphatic carbocycles. The zero-order valence-electron chi connectivity index (χ0n) is 12.8. The van der Waals surface area contributed by atoms with Crippen LogP contribution in [0.2, 0.25) is 0 Å². The number of benzene rings is 2. The van der Waals surface area contributed by atoms with Gasteiger partial charge in [-0.2, -0.15) is 0 Å². The van der Waals surface area contributed by atoms with Crippen LogP contribution in [-0.2, 0) is 0 Å². The Bertz CT molecular complexity index is 622. The van der Waals surface area contributed by atoms with Gasteiger partial charge in [0.05, 0.1) is 7.11 Å². The fourth-order valence-electron chi connectivity index (χ4n) is 2.19. The molecule has 0 aliphatic heterocycles. The summed E-state index contributed by atoms with van der Waals surface area (Å²) in [6.07, 6.45) is 3.85. The van der Waals surface area contributed by atoms with Gasteiger partial charge in [0.25, 0.3) is 0 Å². The maximum Gasteiger partial charge on any atom is 0.118 e. The summed E-state index contributed by atoms with van der Waals surface area (Å²) in [6, 6.07) is 16.6. The third kappa shape index (κ3) is 3.54. The van der Waals surface area contributed by atoms with E-state index >= 15 is 0 Å². The van der Waals surface area contributed by atoms with E-state index in [-0.39, 0.29) is 0 Å². The zero-order chi connectivity index (χ0) is 15.2. The lowest BCUT2D eigenvalue weighted by Crippen LogP contribution is -2.08. The van der Waals surface area contributed by atoms with Crippen LogP contribution in [-0.4, -0.2) is 21.2 Å². The summed E-state index contributed by atoms with van der Waals surface area (Å²) in [5.41, 5.74) is 4.66. The largest absolute Gasteiger partial charge is 0.497 e. The van der Waals surface area contributed by atoms with Crippen molar-refractivity contribution >= 4 is 11.3 Å². The van der Waals surface area contributed by atoms with Crippen molar-refractivity contribution in [2.24, 2.45) is 0 Å². The predicted molar refractivity (Wildman–Crippen MR) is 91.0 cm³/mol. The Morgan fingerprint density at radius 2 is 1.48 bits per heavy atom. The van der Waals surface area contributed by atoms with Gasteiger partial charge in [0.2, 0.25) is 0 Å². The topological polar surface area (TPSA) is 12.5 Å². The molecule has 108 valence electrons. The van der Waals surface area contributed by atoms with Crippen LogP contribution in [0.4, 0.5) is 5.69 Å². The third-order valence-electron chi connectivity index (χ3n) is 3.38. The smallest absolute Gasteiger partial charge is 0.118 e. The average molecular weight is 279 g/mol. The zero-order valence-corrected chi connectivity index (χ0v) is 12.8. The van der Waals surface area contributed by atoms with Gasteiger partial charge in [-0.15, -0.1) is 0 Å². The number of allylic oxidation sites excluding steroid dienone is 2. The van der Waals surface area contributed by atoms with Crippen molar-refractivity contribution in [3.05, 3.63) is 78.4 Å². The Kier molecular flexibility index (Phi) is 4.83. The molecule has 0 N–H and O–H groups in total. The van der Waals surface area contributed by atoms with Crippen molar-refractivity contribution in [3.63, 3.8) is 0 Å². The van der Waals surface area contributed by atoms with E-state index in [0.717, 1.165) is 16.9 Å². The average Bonchev–Trinajstić information content (AvgIpc) is 2.53. The van der Waals surface area contributed by atoms with Crippen molar-refractivity contribution < 1.29 is 4.74 Å². The van der Waals surface area contributed by atoms with E-state index < -0.39 is 0 Å². The molecule has 0 unspecified atom stereocenters. The monoisotopic (exact) mass is 279 g/mol. The summed E-state index contributed by atoms with van der Waals surface area (Å²) in [7, 11) is 5.76. The summed E-state index contributed by atoms with van der Waals surface area (Å²) in [5, 5.41) is 0. The van der Waals surface area contributed by atoms with Crippen LogP contribution >= 0.6 is 0 Å². The van der Waals surface area contributed by atoms with Crippen molar-refractivity contribution in [2.75, 3.05) is 26.1 Å². The molecule has 0 saturated heterocycles. The molecule has 2 aromatic carbocycles. The molecule has 0 bridgehead atoms. The first-order valence-electron chi connectivity index (χ1n) is 6.90. The molecule has 0 aliphatic rings. The molecule has 0 aromatic heterocycles. The lowest BCUT2D eigenvalue weighted by atomic mass is 9.97. The van der Waals surface area contributed by atoms with Crippen molar-refractivity contribution in [1.82, 2.24) is 0 Å². The second kappa shape index (κ2) is 6.80. The minimum absolute atomic E-state index is 0.861. The van der Waals surface area contributed by atoms with Gasteiger partial charge in [0, 0.05) is 19.8 Å². The minimum Gasteiger partial charge on any atom is -0.497 e. The van der Waals surface area contributed by atoms with Gasteiger partial charge >= 0.3 is 0 Å². The first kappa shape index (κ1) is 14.9. The van der Waals surface area contributed by atoms with Crippen LogP contribution < -0.4 is 9.64 Å². The van der Waals surface area contributed by atoms with Crippen molar-refractivity contribution in [2.45, 2.75) is 0 Å². The van der Waals surface area contributed by atoms with E-state index in [1.165, 1.54) is 11.3 Å². The minimum atomic E-state index is 0.861.